The molecule has 0 aliphatic carbocycles. The molecule has 0 saturated heterocycles. The monoisotopic (exact) mass is 277 g/mol. The maximum atomic E-state index is 2.18. The third kappa shape index (κ3) is 2.75. The molecule has 0 radical (unpaired) electrons. The summed E-state index contributed by atoms with van der Waals surface area (Å²) >= 11 is 0. The predicted octanol–water partition coefficient (Wildman–Crippen LogP) is -0.804. The second-order valence-electron chi connectivity index (χ2n) is 3.80. The van der Waals surface area contributed by atoms with Gasteiger partial charge in [-0.05, 0) is 13.0 Å². The molecular weight excluding hydrogens is 261 g/mol. The predicted molar refractivity (Wildman–Crippen MR) is 50.7 cm³/mol. The molecule has 0 bridgehead atoms. The number of nitrogens with zero attached hydrogens (tertiary/aromatic N) is 1. The van der Waals surface area contributed by atoms with Crippen molar-refractivity contribution in [2.75, 3.05) is 21.1 Å². The van der Waals surface area contributed by atoms with Gasteiger partial charge in [0, 0.05) is 5.56 Å². The number of quaternary nitrogens is 1. The molecule has 1 aromatic rings. The number of halogens is 1. The summed E-state index contributed by atoms with van der Waals surface area (Å²) in [6.07, 6.45) is 0. The van der Waals surface area contributed by atoms with E-state index >= 15 is 0 Å². The molecule has 0 fully saturated rings. The molecule has 0 saturated carbocycles. The van der Waals surface area contributed by atoms with Crippen molar-refractivity contribution in [3.63, 3.8) is 0 Å². The zero-order valence-electron chi connectivity index (χ0n) is 8.13. The molecule has 0 aliphatic heterocycles. The number of aryl methyl sites for hydroxylation is 1. The van der Waals surface area contributed by atoms with Crippen LogP contribution >= 0.6 is 0 Å². The van der Waals surface area contributed by atoms with E-state index in [1.165, 1.54) is 11.3 Å². The Kier molecular flexibility index (Phi) is 4.20. The number of rotatable bonds is 1. The first-order valence-corrected chi connectivity index (χ1v) is 3.89. The number of benzene rings is 1. The van der Waals surface area contributed by atoms with Crippen LogP contribution in [-0.2, 0) is 0 Å². The largest absolute Gasteiger partial charge is 1.00 e. The van der Waals surface area contributed by atoms with E-state index in [1.807, 2.05) is 0 Å². The van der Waals surface area contributed by atoms with E-state index in [0.29, 0.717) is 0 Å². The van der Waals surface area contributed by atoms with E-state index in [2.05, 4.69) is 52.3 Å². The van der Waals surface area contributed by atoms with Crippen LogP contribution < -0.4 is 28.5 Å². The quantitative estimate of drug-likeness (QED) is 0.465. The van der Waals surface area contributed by atoms with E-state index in [0.717, 1.165) is 4.48 Å². The van der Waals surface area contributed by atoms with Crippen molar-refractivity contribution >= 4 is 5.69 Å². The molecule has 2 heteroatoms. The zero-order chi connectivity index (χ0) is 8.48. The maximum Gasteiger partial charge on any atom is 0.135 e. The Morgan fingerprint density at radius 1 is 1.00 bits per heavy atom. The minimum absolute atomic E-state index is 0. The first kappa shape index (κ1) is 11.9. The van der Waals surface area contributed by atoms with Crippen LogP contribution in [0.15, 0.2) is 24.3 Å². The lowest BCUT2D eigenvalue weighted by atomic mass is 10.2. The van der Waals surface area contributed by atoms with Crippen molar-refractivity contribution in [3.8, 4) is 0 Å². The van der Waals surface area contributed by atoms with Gasteiger partial charge in [-0.15, -0.1) is 0 Å². The lowest BCUT2D eigenvalue weighted by Crippen LogP contribution is -3.00. The fraction of sp³-hybridized carbons (Fsp3) is 0.400. The fourth-order valence-corrected chi connectivity index (χ4v) is 1.32. The van der Waals surface area contributed by atoms with Gasteiger partial charge in [-0.1, -0.05) is 18.2 Å². The summed E-state index contributed by atoms with van der Waals surface area (Å²) in [4.78, 5) is 0. The average molecular weight is 277 g/mol. The lowest BCUT2D eigenvalue weighted by Gasteiger charge is -2.24. The van der Waals surface area contributed by atoms with Crippen LogP contribution in [-0.4, -0.2) is 21.1 Å². The van der Waals surface area contributed by atoms with E-state index in [-0.39, 0.29) is 24.0 Å². The van der Waals surface area contributed by atoms with Gasteiger partial charge in [-0.3, -0.25) is 4.48 Å². The van der Waals surface area contributed by atoms with Gasteiger partial charge in [0.2, 0.25) is 0 Å². The molecule has 68 valence electrons. The van der Waals surface area contributed by atoms with Crippen LogP contribution in [0.1, 0.15) is 5.56 Å². The van der Waals surface area contributed by atoms with Crippen molar-refractivity contribution in [3.05, 3.63) is 29.8 Å². The summed E-state index contributed by atoms with van der Waals surface area (Å²) < 4.78 is 0.896. The highest BCUT2D eigenvalue weighted by Crippen LogP contribution is 2.20. The van der Waals surface area contributed by atoms with E-state index in [9.17, 15) is 0 Å². The van der Waals surface area contributed by atoms with Crippen molar-refractivity contribution in [2.45, 2.75) is 6.92 Å². The highest BCUT2D eigenvalue weighted by atomic mass is 127. The third-order valence-electron chi connectivity index (χ3n) is 1.84. The standard InChI is InChI=1S/C10H16N.HI/c1-9-7-5-6-8-10(9)11(2,3)4;/h5-8H,1-4H3;1H/q+1;/p-1. The molecule has 0 atom stereocenters. The Morgan fingerprint density at radius 3 is 1.83 bits per heavy atom. The minimum Gasteiger partial charge on any atom is -1.00 e. The lowest BCUT2D eigenvalue weighted by molar-refractivity contribution is -0.00000266. The van der Waals surface area contributed by atoms with Crippen LogP contribution in [0.25, 0.3) is 0 Å². The van der Waals surface area contributed by atoms with Crippen LogP contribution in [0.4, 0.5) is 5.69 Å². The zero-order valence-corrected chi connectivity index (χ0v) is 10.3. The second kappa shape index (κ2) is 4.23. The number of hydrogen-bond donors (Lipinski definition) is 0. The number of hydrogen-bond acceptors (Lipinski definition) is 0. The maximum absolute atomic E-state index is 2.18. The van der Waals surface area contributed by atoms with E-state index in [4.69, 9.17) is 0 Å². The molecule has 0 amide bonds. The highest BCUT2D eigenvalue weighted by Gasteiger charge is 2.13. The smallest absolute Gasteiger partial charge is 0.135 e. The van der Waals surface area contributed by atoms with Crippen LogP contribution in [0, 0.1) is 6.92 Å². The van der Waals surface area contributed by atoms with Gasteiger partial charge in [0.1, 0.15) is 5.69 Å². The third-order valence-corrected chi connectivity index (χ3v) is 1.84. The average Bonchev–Trinajstić information content (AvgIpc) is 1.86. The second-order valence-corrected chi connectivity index (χ2v) is 3.80. The van der Waals surface area contributed by atoms with Gasteiger partial charge in [0.25, 0.3) is 0 Å². The summed E-state index contributed by atoms with van der Waals surface area (Å²) in [6.45, 7) is 2.15. The summed E-state index contributed by atoms with van der Waals surface area (Å²) in [7, 11) is 6.55. The summed E-state index contributed by atoms with van der Waals surface area (Å²) in [5.74, 6) is 0. The van der Waals surface area contributed by atoms with Gasteiger partial charge >= 0.3 is 0 Å². The van der Waals surface area contributed by atoms with Crippen LogP contribution in [0.3, 0.4) is 0 Å². The SMILES string of the molecule is Cc1ccccc1[N+](C)(C)C.[I-]. The van der Waals surface area contributed by atoms with Crippen molar-refractivity contribution in [1.82, 2.24) is 4.48 Å². The first-order valence-electron chi connectivity index (χ1n) is 3.89. The van der Waals surface area contributed by atoms with Gasteiger partial charge in [0.05, 0.1) is 21.1 Å². The molecule has 0 N–H and O–H groups in total. The molecule has 0 aliphatic rings. The van der Waals surface area contributed by atoms with Crippen molar-refractivity contribution in [1.29, 1.82) is 0 Å². The Balaban J connectivity index is 0.00000121. The molecule has 1 aromatic carbocycles. The fourth-order valence-electron chi connectivity index (χ4n) is 1.32. The Bertz CT molecular complexity index is 250. The van der Waals surface area contributed by atoms with E-state index < -0.39 is 0 Å². The molecule has 0 heterocycles. The van der Waals surface area contributed by atoms with Crippen molar-refractivity contribution in [2.24, 2.45) is 0 Å². The van der Waals surface area contributed by atoms with Gasteiger partial charge < -0.3 is 24.0 Å². The molecule has 1 nitrogen and oxygen atoms in total. The Labute approximate surface area is 92.0 Å². The summed E-state index contributed by atoms with van der Waals surface area (Å²) in [5.41, 5.74) is 2.74. The highest BCUT2D eigenvalue weighted by molar-refractivity contribution is 5.48. The van der Waals surface area contributed by atoms with Crippen LogP contribution in [0.5, 0.6) is 0 Å². The topological polar surface area (TPSA) is 0 Å². The number of para-hydroxylation sites is 1. The molecule has 0 spiro atoms. The first-order chi connectivity index (χ1) is 5.02. The van der Waals surface area contributed by atoms with Crippen LogP contribution in [0.2, 0.25) is 0 Å². The summed E-state index contributed by atoms with van der Waals surface area (Å²) in [6, 6.07) is 8.49. The molecule has 12 heavy (non-hydrogen) atoms. The minimum atomic E-state index is 0. The molecule has 0 unspecified atom stereocenters. The van der Waals surface area contributed by atoms with Gasteiger partial charge in [0.15, 0.2) is 0 Å². The van der Waals surface area contributed by atoms with Crippen molar-refractivity contribution < 1.29 is 24.0 Å². The molecule has 0 aromatic heterocycles. The van der Waals surface area contributed by atoms with Gasteiger partial charge in [-0.25, -0.2) is 0 Å². The molecular formula is C10H16IN. The van der Waals surface area contributed by atoms with Gasteiger partial charge in [-0.2, -0.15) is 0 Å². The molecule has 1 rings (SSSR count). The Hall–Kier alpha value is -0.0900. The summed E-state index contributed by atoms with van der Waals surface area (Å²) in [5, 5.41) is 0. The van der Waals surface area contributed by atoms with E-state index in [1.54, 1.807) is 0 Å². The Morgan fingerprint density at radius 2 is 1.50 bits per heavy atom. The normalized spacial score (nSPS) is 10.7.